The summed E-state index contributed by atoms with van der Waals surface area (Å²) in [5.74, 6) is 0.426. The van der Waals surface area contributed by atoms with E-state index in [-0.39, 0.29) is 17.3 Å². The number of hydrogen-bond acceptors (Lipinski definition) is 6. The predicted molar refractivity (Wildman–Crippen MR) is 73.9 cm³/mol. The monoisotopic (exact) mass is 320 g/mol. The molecule has 0 fully saturated rings. The maximum absolute atomic E-state index is 12.0. The molecule has 5 nitrogen and oxygen atoms in total. The third kappa shape index (κ3) is 4.29. The number of aromatic nitrogens is 2. The first kappa shape index (κ1) is 14.5. The van der Waals surface area contributed by atoms with Gasteiger partial charge in [-0.05, 0) is 18.6 Å². The average molecular weight is 321 g/mol. The molecular weight excluding hydrogens is 308 g/mol. The minimum atomic E-state index is -3.31. The second-order valence-electron chi connectivity index (χ2n) is 4.09. The molecule has 0 unspecified atom stereocenters. The molecule has 104 valence electrons. The van der Waals surface area contributed by atoms with Crippen LogP contribution in [0, 0.1) is 0 Å². The first-order chi connectivity index (χ1) is 8.98. The summed E-state index contributed by atoms with van der Waals surface area (Å²) in [5.41, 5.74) is 0. The lowest BCUT2D eigenvalue weighted by Gasteiger charge is -1.98. The van der Waals surface area contributed by atoms with Crippen LogP contribution in [0.3, 0.4) is 0 Å². The summed E-state index contributed by atoms with van der Waals surface area (Å²) in [4.78, 5) is 4.76. The molecule has 2 aromatic rings. The molecule has 2 rings (SSSR count). The Balaban J connectivity index is 2.03. The molecule has 2 heterocycles. The molecule has 0 spiro atoms. The van der Waals surface area contributed by atoms with Crippen molar-refractivity contribution in [2.45, 2.75) is 31.3 Å². The van der Waals surface area contributed by atoms with Crippen molar-refractivity contribution < 1.29 is 12.9 Å². The molecule has 0 aliphatic rings. The van der Waals surface area contributed by atoms with Crippen molar-refractivity contribution in [3.8, 4) is 0 Å². The fourth-order valence-electron chi connectivity index (χ4n) is 1.56. The zero-order chi connectivity index (χ0) is 13.9. The van der Waals surface area contributed by atoms with Crippen LogP contribution in [-0.2, 0) is 27.8 Å². The number of thiophene rings is 1. The molecule has 0 atom stereocenters. The summed E-state index contributed by atoms with van der Waals surface area (Å²) in [6.07, 6.45) is 1.54. The van der Waals surface area contributed by atoms with Gasteiger partial charge in [0.2, 0.25) is 5.89 Å². The molecule has 0 aromatic carbocycles. The van der Waals surface area contributed by atoms with Crippen LogP contribution in [0.5, 0.6) is 0 Å². The van der Waals surface area contributed by atoms with Crippen molar-refractivity contribution >= 4 is 32.8 Å². The Kier molecular flexibility index (Phi) is 4.59. The molecule has 0 N–H and O–H groups in total. The van der Waals surface area contributed by atoms with E-state index in [2.05, 4.69) is 10.1 Å². The van der Waals surface area contributed by atoms with E-state index in [1.807, 2.05) is 6.92 Å². The fourth-order valence-corrected chi connectivity index (χ4v) is 4.36. The minimum absolute atomic E-state index is 0.0535. The van der Waals surface area contributed by atoms with Crippen molar-refractivity contribution in [2.75, 3.05) is 0 Å². The van der Waals surface area contributed by atoms with Gasteiger partial charge in [0.25, 0.3) is 0 Å². The lowest BCUT2D eigenvalue weighted by molar-refractivity contribution is 0.373. The van der Waals surface area contributed by atoms with Gasteiger partial charge in [-0.15, -0.1) is 11.3 Å². The van der Waals surface area contributed by atoms with Crippen molar-refractivity contribution in [3.63, 3.8) is 0 Å². The highest BCUT2D eigenvalue weighted by Gasteiger charge is 2.18. The Hall–Kier alpha value is -0.920. The SMILES string of the molecule is CCCc1nc(CS(=O)(=O)Cc2ccc(Cl)s2)no1. The van der Waals surface area contributed by atoms with Crippen LogP contribution in [0.25, 0.3) is 0 Å². The zero-order valence-corrected chi connectivity index (χ0v) is 12.7. The minimum Gasteiger partial charge on any atom is -0.339 e. The molecule has 0 amide bonds. The van der Waals surface area contributed by atoms with Crippen molar-refractivity contribution in [1.29, 1.82) is 0 Å². The summed E-state index contributed by atoms with van der Waals surface area (Å²) in [6, 6.07) is 3.40. The van der Waals surface area contributed by atoms with Crippen molar-refractivity contribution in [3.05, 3.63) is 33.1 Å². The highest BCUT2D eigenvalue weighted by molar-refractivity contribution is 7.89. The van der Waals surface area contributed by atoms with Gasteiger partial charge in [-0.2, -0.15) is 4.98 Å². The molecule has 2 aromatic heterocycles. The first-order valence-corrected chi connectivity index (χ1v) is 8.76. The molecule has 8 heteroatoms. The summed E-state index contributed by atoms with van der Waals surface area (Å²) in [6.45, 7) is 1.99. The van der Waals surface area contributed by atoms with Crippen molar-refractivity contribution in [1.82, 2.24) is 10.1 Å². The number of hydrogen-bond donors (Lipinski definition) is 0. The van der Waals surface area contributed by atoms with Gasteiger partial charge in [-0.3, -0.25) is 0 Å². The summed E-state index contributed by atoms with van der Waals surface area (Å²) in [7, 11) is -3.31. The van der Waals surface area contributed by atoms with E-state index >= 15 is 0 Å². The van der Waals surface area contributed by atoms with Crippen LogP contribution in [0.1, 0.15) is 29.9 Å². The van der Waals surface area contributed by atoms with E-state index in [0.717, 1.165) is 6.42 Å². The molecule has 0 saturated carbocycles. The van der Waals surface area contributed by atoms with Gasteiger partial charge in [-0.1, -0.05) is 23.7 Å². The summed E-state index contributed by atoms with van der Waals surface area (Å²) in [5, 5.41) is 3.68. The first-order valence-electron chi connectivity index (χ1n) is 5.74. The quantitative estimate of drug-likeness (QED) is 0.818. The van der Waals surface area contributed by atoms with Gasteiger partial charge in [0.15, 0.2) is 15.7 Å². The van der Waals surface area contributed by atoms with E-state index < -0.39 is 9.84 Å². The van der Waals surface area contributed by atoms with Gasteiger partial charge in [0.1, 0.15) is 5.75 Å². The lowest BCUT2D eigenvalue weighted by Crippen LogP contribution is -2.08. The number of rotatable bonds is 6. The van der Waals surface area contributed by atoms with Gasteiger partial charge in [0, 0.05) is 11.3 Å². The third-order valence-electron chi connectivity index (χ3n) is 2.31. The Morgan fingerprint density at radius 2 is 2.16 bits per heavy atom. The number of sulfone groups is 1. The van der Waals surface area contributed by atoms with Crippen LogP contribution in [0.2, 0.25) is 4.34 Å². The maximum Gasteiger partial charge on any atom is 0.226 e. The smallest absolute Gasteiger partial charge is 0.226 e. The van der Waals surface area contributed by atoms with E-state index in [4.69, 9.17) is 16.1 Å². The number of aryl methyl sites for hydroxylation is 1. The van der Waals surface area contributed by atoms with Gasteiger partial charge in [-0.25, -0.2) is 8.42 Å². The van der Waals surface area contributed by atoms with Gasteiger partial charge in [0.05, 0.1) is 10.1 Å². The molecule has 0 bridgehead atoms. The molecule has 0 saturated heterocycles. The largest absolute Gasteiger partial charge is 0.339 e. The average Bonchev–Trinajstić information content (AvgIpc) is 2.88. The molecular formula is C11H13ClN2O3S2. The summed E-state index contributed by atoms with van der Waals surface area (Å²) >= 11 is 7.03. The Bertz CT molecular complexity index is 648. The Labute approximate surface area is 120 Å². The normalized spacial score (nSPS) is 11.9. The van der Waals surface area contributed by atoms with Gasteiger partial charge < -0.3 is 4.52 Å². The topological polar surface area (TPSA) is 73.1 Å². The van der Waals surface area contributed by atoms with Crippen LogP contribution in [0.4, 0.5) is 0 Å². The second kappa shape index (κ2) is 6.02. The standard InChI is InChI=1S/C11H13ClN2O3S2/c1-2-3-11-13-10(14-17-11)7-19(15,16)6-8-4-5-9(12)18-8/h4-5H,2-3,6-7H2,1H3. The zero-order valence-electron chi connectivity index (χ0n) is 10.3. The van der Waals surface area contributed by atoms with E-state index in [1.165, 1.54) is 11.3 Å². The van der Waals surface area contributed by atoms with Gasteiger partial charge >= 0.3 is 0 Å². The third-order valence-corrected chi connectivity index (χ3v) is 5.18. The van der Waals surface area contributed by atoms with E-state index in [1.54, 1.807) is 12.1 Å². The Morgan fingerprint density at radius 3 is 2.79 bits per heavy atom. The van der Waals surface area contributed by atoms with E-state index in [9.17, 15) is 8.42 Å². The number of halogens is 1. The number of nitrogens with zero attached hydrogens (tertiary/aromatic N) is 2. The molecule has 19 heavy (non-hydrogen) atoms. The fraction of sp³-hybridized carbons (Fsp3) is 0.455. The summed E-state index contributed by atoms with van der Waals surface area (Å²) < 4.78 is 29.5. The molecule has 0 radical (unpaired) electrons. The molecule has 0 aliphatic heterocycles. The van der Waals surface area contributed by atoms with Crippen LogP contribution in [-0.4, -0.2) is 18.6 Å². The molecule has 0 aliphatic carbocycles. The Morgan fingerprint density at radius 1 is 1.37 bits per heavy atom. The van der Waals surface area contributed by atoms with Crippen LogP contribution < -0.4 is 0 Å². The van der Waals surface area contributed by atoms with E-state index in [0.29, 0.717) is 21.5 Å². The van der Waals surface area contributed by atoms with Crippen LogP contribution >= 0.6 is 22.9 Å². The highest BCUT2D eigenvalue weighted by atomic mass is 35.5. The van der Waals surface area contributed by atoms with Crippen molar-refractivity contribution in [2.24, 2.45) is 0 Å². The second-order valence-corrected chi connectivity index (χ2v) is 7.96. The maximum atomic E-state index is 12.0. The highest BCUT2D eigenvalue weighted by Crippen LogP contribution is 2.24. The lowest BCUT2D eigenvalue weighted by atomic mass is 10.3. The van der Waals surface area contributed by atoms with Crippen LogP contribution in [0.15, 0.2) is 16.7 Å². The predicted octanol–water partition coefficient (Wildman–Crippen LogP) is 2.85.